The van der Waals surface area contributed by atoms with E-state index in [2.05, 4.69) is 10.6 Å². The molecule has 0 radical (unpaired) electrons. The number of rotatable bonds is 8. The quantitative estimate of drug-likeness (QED) is 0.371. The lowest BCUT2D eigenvalue weighted by atomic mass is 9.96. The van der Waals surface area contributed by atoms with Gasteiger partial charge in [0.05, 0.1) is 6.04 Å². The van der Waals surface area contributed by atoms with Crippen molar-refractivity contribution in [3.05, 3.63) is 35.9 Å². The first-order chi connectivity index (χ1) is 14.1. The molecule has 0 aromatic heterocycles. The van der Waals surface area contributed by atoms with Crippen molar-refractivity contribution in [2.45, 2.75) is 45.3 Å². The lowest BCUT2D eigenvalue weighted by Gasteiger charge is -2.24. The Kier molecular flexibility index (Phi) is 7.68. The third kappa shape index (κ3) is 6.98. The molecular formula is C21H26N2O7. The molecule has 162 valence electrons. The van der Waals surface area contributed by atoms with Gasteiger partial charge in [0.2, 0.25) is 5.91 Å². The number of ketones is 2. The molecule has 1 heterocycles. The molecule has 0 bridgehead atoms. The van der Waals surface area contributed by atoms with E-state index in [4.69, 9.17) is 9.47 Å². The van der Waals surface area contributed by atoms with Crippen molar-refractivity contribution in [2.75, 3.05) is 13.2 Å². The smallest absolute Gasteiger partial charge is 0.408 e. The molecule has 1 unspecified atom stereocenters. The minimum absolute atomic E-state index is 0.0358. The van der Waals surface area contributed by atoms with Crippen molar-refractivity contribution in [2.24, 2.45) is 5.92 Å². The summed E-state index contributed by atoms with van der Waals surface area (Å²) in [5, 5.41) is 5.10. The third-order valence-corrected chi connectivity index (χ3v) is 4.33. The highest BCUT2D eigenvalue weighted by Crippen LogP contribution is 2.17. The van der Waals surface area contributed by atoms with E-state index in [0.717, 1.165) is 0 Å². The van der Waals surface area contributed by atoms with E-state index in [1.165, 1.54) is 12.1 Å². The molecule has 2 amide bonds. The van der Waals surface area contributed by atoms with E-state index >= 15 is 0 Å². The zero-order valence-corrected chi connectivity index (χ0v) is 17.2. The summed E-state index contributed by atoms with van der Waals surface area (Å²) in [6.07, 6.45) is -0.273. The molecule has 2 rings (SSSR count). The fourth-order valence-electron chi connectivity index (χ4n) is 2.89. The number of alkyl carbamates (subject to hydrolysis) is 1. The monoisotopic (exact) mass is 418 g/mol. The highest BCUT2D eigenvalue weighted by molar-refractivity contribution is 6.40. The van der Waals surface area contributed by atoms with E-state index in [1.807, 2.05) is 0 Å². The predicted molar refractivity (Wildman–Crippen MR) is 106 cm³/mol. The van der Waals surface area contributed by atoms with Crippen LogP contribution in [0.2, 0.25) is 0 Å². The molecule has 30 heavy (non-hydrogen) atoms. The SMILES string of the molecule is CC(C)(C)OC(=O)NC(C[C@@H]1CCNC1=O)C(=O)COC(=O)C(=O)c1ccccc1. The first kappa shape index (κ1) is 23.1. The fraction of sp³-hybridized carbons (Fsp3) is 0.476. The van der Waals surface area contributed by atoms with Crippen LogP contribution < -0.4 is 10.6 Å². The Hall–Kier alpha value is -3.23. The summed E-state index contributed by atoms with van der Waals surface area (Å²) in [6, 6.07) is 6.69. The number of Topliss-reactive ketones (excluding diaryl/α,β-unsaturated/α-hetero) is 2. The van der Waals surface area contributed by atoms with Gasteiger partial charge in [-0.05, 0) is 33.6 Å². The number of hydrogen-bond acceptors (Lipinski definition) is 7. The number of esters is 1. The van der Waals surface area contributed by atoms with Gasteiger partial charge in [-0.3, -0.25) is 14.4 Å². The van der Waals surface area contributed by atoms with Crippen molar-refractivity contribution < 1.29 is 33.4 Å². The van der Waals surface area contributed by atoms with Gasteiger partial charge in [-0.25, -0.2) is 9.59 Å². The Morgan fingerprint density at radius 2 is 1.83 bits per heavy atom. The molecule has 2 atom stereocenters. The summed E-state index contributed by atoms with van der Waals surface area (Å²) in [5.41, 5.74) is -0.641. The topological polar surface area (TPSA) is 128 Å². The Morgan fingerprint density at radius 1 is 1.17 bits per heavy atom. The van der Waals surface area contributed by atoms with Crippen molar-refractivity contribution in [3.8, 4) is 0 Å². The second-order valence-electron chi connectivity index (χ2n) is 7.95. The molecule has 1 aromatic carbocycles. The molecule has 0 aliphatic carbocycles. The summed E-state index contributed by atoms with van der Waals surface area (Å²) in [4.78, 5) is 60.6. The van der Waals surface area contributed by atoms with Gasteiger partial charge >= 0.3 is 12.1 Å². The Morgan fingerprint density at radius 3 is 2.40 bits per heavy atom. The lowest BCUT2D eigenvalue weighted by Crippen LogP contribution is -2.46. The number of amides is 2. The van der Waals surface area contributed by atoms with Crippen molar-refractivity contribution in [1.29, 1.82) is 0 Å². The van der Waals surface area contributed by atoms with Gasteiger partial charge in [0, 0.05) is 18.0 Å². The standard InChI is InChI=1S/C21H26N2O7/c1-21(2,3)30-20(28)23-15(11-14-9-10-22-18(14)26)16(24)12-29-19(27)17(25)13-7-5-4-6-8-13/h4-8,14-15H,9-12H2,1-3H3,(H,22,26)(H,23,28)/t14-,15?/m0/s1. The Labute approximate surface area is 174 Å². The summed E-state index contributed by atoms with van der Waals surface area (Å²) < 4.78 is 10.0. The van der Waals surface area contributed by atoms with Crippen LogP contribution in [0.1, 0.15) is 44.0 Å². The summed E-state index contributed by atoms with van der Waals surface area (Å²) in [7, 11) is 0. The summed E-state index contributed by atoms with van der Waals surface area (Å²) >= 11 is 0. The molecule has 1 aliphatic rings. The largest absolute Gasteiger partial charge is 0.452 e. The van der Waals surface area contributed by atoms with Crippen LogP contribution in [0, 0.1) is 5.92 Å². The number of hydrogen-bond donors (Lipinski definition) is 2. The summed E-state index contributed by atoms with van der Waals surface area (Å²) in [5.74, 6) is -3.38. The number of carbonyl (C=O) groups excluding carboxylic acids is 5. The molecule has 0 spiro atoms. The first-order valence-corrected chi connectivity index (χ1v) is 9.63. The van der Waals surface area contributed by atoms with Gasteiger partial charge in [-0.15, -0.1) is 0 Å². The molecule has 1 aromatic rings. The first-order valence-electron chi connectivity index (χ1n) is 9.63. The van der Waals surface area contributed by atoms with Gasteiger partial charge in [0.15, 0.2) is 12.4 Å². The minimum atomic E-state index is -1.18. The van der Waals surface area contributed by atoms with Crippen LogP contribution in [0.5, 0.6) is 0 Å². The molecule has 1 saturated heterocycles. The second kappa shape index (κ2) is 10.00. The van der Waals surface area contributed by atoms with Crippen molar-refractivity contribution in [1.82, 2.24) is 10.6 Å². The number of benzene rings is 1. The van der Waals surface area contributed by atoms with E-state index in [9.17, 15) is 24.0 Å². The maximum Gasteiger partial charge on any atom is 0.408 e. The van der Waals surface area contributed by atoms with Crippen LogP contribution >= 0.6 is 0 Å². The van der Waals surface area contributed by atoms with Crippen LogP contribution in [-0.2, 0) is 23.9 Å². The van der Waals surface area contributed by atoms with E-state index in [-0.39, 0.29) is 17.9 Å². The van der Waals surface area contributed by atoms with E-state index in [0.29, 0.717) is 13.0 Å². The Bertz CT molecular complexity index is 814. The molecule has 0 saturated carbocycles. The van der Waals surface area contributed by atoms with Crippen LogP contribution in [0.4, 0.5) is 4.79 Å². The van der Waals surface area contributed by atoms with Crippen LogP contribution in [0.15, 0.2) is 30.3 Å². The predicted octanol–water partition coefficient (Wildman–Crippen LogP) is 1.40. The fourth-order valence-corrected chi connectivity index (χ4v) is 2.89. The zero-order chi connectivity index (χ0) is 22.3. The molecule has 9 heteroatoms. The number of carbonyl (C=O) groups is 5. The third-order valence-electron chi connectivity index (χ3n) is 4.33. The maximum absolute atomic E-state index is 12.6. The zero-order valence-electron chi connectivity index (χ0n) is 17.2. The minimum Gasteiger partial charge on any atom is -0.452 e. The van der Waals surface area contributed by atoms with E-state index < -0.39 is 47.8 Å². The van der Waals surface area contributed by atoms with Gasteiger partial charge in [0.25, 0.3) is 5.78 Å². The van der Waals surface area contributed by atoms with Gasteiger partial charge in [0.1, 0.15) is 5.60 Å². The van der Waals surface area contributed by atoms with Gasteiger partial charge < -0.3 is 20.1 Å². The van der Waals surface area contributed by atoms with E-state index in [1.54, 1.807) is 39.0 Å². The molecule has 2 N–H and O–H groups in total. The van der Waals surface area contributed by atoms with Crippen molar-refractivity contribution in [3.63, 3.8) is 0 Å². The average molecular weight is 418 g/mol. The number of nitrogens with one attached hydrogen (secondary N) is 2. The molecular weight excluding hydrogens is 392 g/mol. The highest BCUT2D eigenvalue weighted by atomic mass is 16.6. The molecule has 1 fully saturated rings. The number of ether oxygens (including phenoxy) is 2. The van der Waals surface area contributed by atoms with Crippen LogP contribution in [-0.4, -0.2) is 54.3 Å². The van der Waals surface area contributed by atoms with Gasteiger partial charge in [-0.1, -0.05) is 30.3 Å². The highest BCUT2D eigenvalue weighted by Gasteiger charge is 2.33. The second-order valence-corrected chi connectivity index (χ2v) is 7.95. The van der Waals surface area contributed by atoms with Crippen LogP contribution in [0.25, 0.3) is 0 Å². The maximum atomic E-state index is 12.6. The normalized spacial score (nSPS) is 16.9. The van der Waals surface area contributed by atoms with Crippen LogP contribution in [0.3, 0.4) is 0 Å². The Balaban J connectivity index is 2.00. The molecule has 1 aliphatic heterocycles. The lowest BCUT2D eigenvalue weighted by molar-refractivity contribution is -0.144. The summed E-state index contributed by atoms with van der Waals surface area (Å²) in [6.45, 7) is 4.78. The average Bonchev–Trinajstić information content (AvgIpc) is 3.08. The molecule has 9 nitrogen and oxygen atoms in total. The van der Waals surface area contributed by atoms with Gasteiger partial charge in [-0.2, -0.15) is 0 Å². The van der Waals surface area contributed by atoms with Crippen molar-refractivity contribution >= 4 is 29.5 Å².